The topological polar surface area (TPSA) is 80.0 Å². The molecule has 0 saturated carbocycles. The molecule has 2 rings (SSSR count). The van der Waals surface area contributed by atoms with Gasteiger partial charge in [-0.05, 0) is 12.5 Å². The lowest BCUT2D eigenvalue weighted by molar-refractivity contribution is -0.118. The van der Waals surface area contributed by atoms with E-state index in [4.69, 9.17) is 5.73 Å². The minimum Gasteiger partial charge on any atom is -0.370 e. The Balaban J connectivity index is 2.03. The summed E-state index contributed by atoms with van der Waals surface area (Å²) in [4.78, 5) is 15.5. The highest BCUT2D eigenvalue weighted by atomic mass is 16.1. The summed E-state index contributed by atoms with van der Waals surface area (Å²) >= 11 is 0. The Bertz CT molecular complexity index is 613. The van der Waals surface area contributed by atoms with E-state index in [1.807, 2.05) is 42.5 Å². The third-order valence-corrected chi connectivity index (χ3v) is 3.29. The number of aromatic nitrogens is 1. The normalized spacial score (nSPS) is 10.3. The van der Waals surface area contributed by atoms with Crippen molar-refractivity contribution in [1.29, 1.82) is 0 Å². The van der Waals surface area contributed by atoms with Crippen molar-refractivity contribution in [3.05, 3.63) is 48.0 Å². The van der Waals surface area contributed by atoms with Crippen LogP contribution in [0.5, 0.6) is 0 Å². The van der Waals surface area contributed by atoms with Gasteiger partial charge in [0.2, 0.25) is 5.91 Å². The van der Waals surface area contributed by atoms with Crippen molar-refractivity contribution < 1.29 is 4.79 Å². The molecule has 0 bridgehead atoms. The summed E-state index contributed by atoms with van der Waals surface area (Å²) in [5.41, 5.74) is 8.75. The maximum absolute atomic E-state index is 10.8. The van der Waals surface area contributed by atoms with E-state index in [0.29, 0.717) is 13.1 Å². The van der Waals surface area contributed by atoms with Crippen LogP contribution in [0.1, 0.15) is 18.9 Å². The van der Waals surface area contributed by atoms with Crippen LogP contribution in [0.15, 0.2) is 42.5 Å². The van der Waals surface area contributed by atoms with Gasteiger partial charge >= 0.3 is 0 Å². The Morgan fingerprint density at radius 2 is 1.91 bits per heavy atom. The minimum absolute atomic E-state index is 0.00755. The molecule has 0 atom stereocenters. The summed E-state index contributed by atoms with van der Waals surface area (Å²) in [6, 6.07) is 14.0. The molecule has 22 heavy (non-hydrogen) atoms. The van der Waals surface area contributed by atoms with Gasteiger partial charge in [-0.15, -0.1) is 0 Å². The molecule has 0 saturated heterocycles. The second-order valence-electron chi connectivity index (χ2n) is 5.04. The van der Waals surface area contributed by atoms with Crippen molar-refractivity contribution in [2.24, 2.45) is 5.73 Å². The molecule has 0 fully saturated rings. The lowest BCUT2D eigenvalue weighted by Gasteiger charge is -2.12. The van der Waals surface area contributed by atoms with Crippen LogP contribution in [0, 0.1) is 0 Å². The Morgan fingerprint density at radius 1 is 1.14 bits per heavy atom. The lowest BCUT2D eigenvalue weighted by atomic mass is 10.1. The maximum atomic E-state index is 10.8. The third-order valence-electron chi connectivity index (χ3n) is 3.29. The number of hydrogen-bond acceptors (Lipinski definition) is 4. The van der Waals surface area contributed by atoms with Crippen LogP contribution < -0.4 is 16.4 Å². The summed E-state index contributed by atoms with van der Waals surface area (Å²) in [5.74, 6) is 0.804. The molecule has 5 heteroatoms. The number of amides is 1. The number of rotatable bonds is 7. The van der Waals surface area contributed by atoms with Gasteiger partial charge in [-0.3, -0.25) is 4.79 Å². The SMILES string of the molecule is CC(=O)NCCCNc1nc(-c2ccccc2)ccc1CN. The van der Waals surface area contributed by atoms with E-state index in [1.165, 1.54) is 6.92 Å². The number of benzene rings is 1. The summed E-state index contributed by atoms with van der Waals surface area (Å²) in [6.45, 7) is 3.35. The van der Waals surface area contributed by atoms with Gasteiger partial charge in [0.25, 0.3) is 0 Å². The zero-order chi connectivity index (χ0) is 15.8. The van der Waals surface area contributed by atoms with Crippen LogP contribution in [0.4, 0.5) is 5.82 Å². The first kappa shape index (κ1) is 16.0. The minimum atomic E-state index is -0.00755. The van der Waals surface area contributed by atoms with Gasteiger partial charge in [-0.2, -0.15) is 0 Å². The molecule has 1 amide bonds. The number of nitrogens with two attached hydrogens (primary N) is 1. The fourth-order valence-electron chi connectivity index (χ4n) is 2.14. The van der Waals surface area contributed by atoms with Crippen LogP contribution in [0.2, 0.25) is 0 Å². The van der Waals surface area contributed by atoms with Crippen LogP contribution in [-0.4, -0.2) is 24.0 Å². The number of hydrogen-bond donors (Lipinski definition) is 3. The number of nitrogens with one attached hydrogen (secondary N) is 2. The predicted molar refractivity (Wildman–Crippen MR) is 89.4 cm³/mol. The molecular formula is C17H22N4O. The number of pyridine rings is 1. The van der Waals surface area contributed by atoms with Crippen LogP contribution >= 0.6 is 0 Å². The third kappa shape index (κ3) is 4.56. The number of carbonyl (C=O) groups excluding carboxylic acids is 1. The first-order valence-corrected chi connectivity index (χ1v) is 7.44. The van der Waals surface area contributed by atoms with Gasteiger partial charge in [-0.25, -0.2) is 4.98 Å². The Kier molecular flexibility index (Phi) is 5.91. The Hall–Kier alpha value is -2.40. The summed E-state index contributed by atoms with van der Waals surface area (Å²) < 4.78 is 0. The molecule has 1 aromatic carbocycles. The van der Waals surface area contributed by atoms with E-state index in [2.05, 4.69) is 15.6 Å². The first-order chi connectivity index (χ1) is 10.7. The predicted octanol–water partition coefficient (Wildman–Crippen LogP) is 2.15. The fraction of sp³-hybridized carbons (Fsp3) is 0.294. The Morgan fingerprint density at radius 3 is 2.59 bits per heavy atom. The van der Waals surface area contributed by atoms with Crippen molar-refractivity contribution in [2.45, 2.75) is 19.9 Å². The van der Waals surface area contributed by atoms with E-state index in [9.17, 15) is 4.79 Å². The van der Waals surface area contributed by atoms with Gasteiger partial charge in [-0.1, -0.05) is 36.4 Å². The van der Waals surface area contributed by atoms with Gasteiger partial charge in [0, 0.05) is 37.7 Å². The molecule has 0 aliphatic carbocycles. The largest absolute Gasteiger partial charge is 0.370 e. The van der Waals surface area contributed by atoms with Crippen LogP contribution in [0.25, 0.3) is 11.3 Å². The summed E-state index contributed by atoms with van der Waals surface area (Å²) in [5, 5.41) is 6.08. The number of nitrogens with zero attached hydrogens (tertiary/aromatic N) is 1. The molecule has 1 aromatic heterocycles. The van der Waals surface area contributed by atoms with Crippen molar-refractivity contribution in [3.8, 4) is 11.3 Å². The highest BCUT2D eigenvalue weighted by molar-refractivity contribution is 5.72. The van der Waals surface area contributed by atoms with Crippen molar-refractivity contribution >= 4 is 11.7 Å². The molecule has 116 valence electrons. The molecule has 0 aliphatic heterocycles. The average molecular weight is 298 g/mol. The highest BCUT2D eigenvalue weighted by Gasteiger charge is 2.06. The fourth-order valence-corrected chi connectivity index (χ4v) is 2.14. The first-order valence-electron chi connectivity index (χ1n) is 7.44. The zero-order valence-corrected chi connectivity index (χ0v) is 12.8. The monoisotopic (exact) mass is 298 g/mol. The van der Waals surface area contributed by atoms with E-state index in [0.717, 1.165) is 35.6 Å². The van der Waals surface area contributed by atoms with Crippen molar-refractivity contribution in [1.82, 2.24) is 10.3 Å². The van der Waals surface area contributed by atoms with E-state index < -0.39 is 0 Å². The van der Waals surface area contributed by atoms with Crippen LogP contribution in [-0.2, 0) is 11.3 Å². The Labute approximate surface area is 130 Å². The van der Waals surface area contributed by atoms with E-state index >= 15 is 0 Å². The van der Waals surface area contributed by atoms with E-state index in [1.54, 1.807) is 0 Å². The molecule has 0 spiro atoms. The quantitative estimate of drug-likeness (QED) is 0.684. The molecule has 5 nitrogen and oxygen atoms in total. The number of anilines is 1. The number of carbonyl (C=O) groups is 1. The maximum Gasteiger partial charge on any atom is 0.216 e. The summed E-state index contributed by atoms with van der Waals surface area (Å²) in [6.07, 6.45) is 0.834. The lowest BCUT2D eigenvalue weighted by Crippen LogP contribution is -2.23. The highest BCUT2D eigenvalue weighted by Crippen LogP contribution is 2.21. The second kappa shape index (κ2) is 8.14. The van der Waals surface area contributed by atoms with E-state index in [-0.39, 0.29) is 5.91 Å². The van der Waals surface area contributed by atoms with Gasteiger partial charge in [0.15, 0.2) is 0 Å². The zero-order valence-electron chi connectivity index (χ0n) is 12.8. The molecule has 0 radical (unpaired) electrons. The molecular weight excluding hydrogens is 276 g/mol. The molecule has 4 N–H and O–H groups in total. The summed E-state index contributed by atoms with van der Waals surface area (Å²) in [7, 11) is 0. The van der Waals surface area contributed by atoms with Gasteiger partial charge < -0.3 is 16.4 Å². The average Bonchev–Trinajstić information content (AvgIpc) is 2.55. The molecule has 0 aliphatic rings. The van der Waals surface area contributed by atoms with Gasteiger partial charge in [0.05, 0.1) is 5.69 Å². The molecule has 1 heterocycles. The van der Waals surface area contributed by atoms with Crippen molar-refractivity contribution in [2.75, 3.05) is 18.4 Å². The van der Waals surface area contributed by atoms with Crippen LogP contribution in [0.3, 0.4) is 0 Å². The molecule has 0 unspecified atom stereocenters. The molecule has 2 aromatic rings. The van der Waals surface area contributed by atoms with Crippen molar-refractivity contribution in [3.63, 3.8) is 0 Å². The second-order valence-corrected chi connectivity index (χ2v) is 5.04. The smallest absolute Gasteiger partial charge is 0.216 e. The van der Waals surface area contributed by atoms with Gasteiger partial charge in [0.1, 0.15) is 5.82 Å². The standard InChI is InChI=1S/C17H22N4O/c1-13(22)19-10-5-11-20-17-15(12-18)8-9-16(21-17)14-6-3-2-4-7-14/h2-4,6-9H,5,10-12,18H2,1H3,(H,19,22)(H,20,21).